The molecule has 0 amide bonds. The molecular formula is C36H36F3O3S2+. The maximum Gasteiger partial charge on any atom is 0.422 e. The van der Waals surface area contributed by atoms with E-state index in [1.165, 1.54) is 36.2 Å². The fourth-order valence-corrected chi connectivity index (χ4v) is 8.03. The molecule has 0 aliphatic carbocycles. The summed E-state index contributed by atoms with van der Waals surface area (Å²) in [5, 5.41) is 2.66. The fraction of sp³-hybridized carbons (Fsp3) is 0.306. The quantitative estimate of drug-likeness (QED) is 0.131. The van der Waals surface area contributed by atoms with Crippen molar-refractivity contribution in [2.75, 3.05) is 13.2 Å². The van der Waals surface area contributed by atoms with Gasteiger partial charge in [-0.05, 0) is 94.8 Å². The lowest BCUT2D eigenvalue weighted by molar-refractivity contribution is -0.187. The van der Waals surface area contributed by atoms with Crippen molar-refractivity contribution in [2.24, 2.45) is 0 Å². The molecule has 0 aliphatic heterocycles. The lowest BCUT2D eigenvalue weighted by Gasteiger charge is -2.19. The van der Waals surface area contributed by atoms with E-state index in [9.17, 15) is 18.0 Å². The number of halogens is 3. The first-order valence-electron chi connectivity index (χ1n) is 14.4. The highest BCUT2D eigenvalue weighted by Gasteiger charge is 2.30. The maximum absolute atomic E-state index is 12.2. The van der Waals surface area contributed by atoms with Gasteiger partial charge in [0.15, 0.2) is 27.5 Å². The van der Waals surface area contributed by atoms with Crippen LogP contribution in [0.5, 0.6) is 5.75 Å². The number of ether oxygens (including phenoxy) is 2. The van der Waals surface area contributed by atoms with Gasteiger partial charge in [-0.3, -0.25) is 0 Å². The van der Waals surface area contributed by atoms with E-state index in [0.29, 0.717) is 5.75 Å². The van der Waals surface area contributed by atoms with Crippen molar-refractivity contribution in [3.8, 4) is 10.6 Å². The van der Waals surface area contributed by atoms with Crippen molar-refractivity contribution in [1.29, 1.82) is 0 Å². The van der Waals surface area contributed by atoms with Gasteiger partial charge in [0, 0.05) is 31.0 Å². The van der Waals surface area contributed by atoms with Crippen molar-refractivity contribution < 1.29 is 27.4 Å². The smallest absolute Gasteiger partial charge is 0.422 e. The average molecular weight is 638 g/mol. The van der Waals surface area contributed by atoms with E-state index in [1.807, 2.05) is 12.1 Å². The lowest BCUT2D eigenvalue weighted by atomic mass is 9.85. The largest absolute Gasteiger partial charge is 0.482 e. The molecule has 8 heteroatoms. The van der Waals surface area contributed by atoms with Crippen LogP contribution in [0.3, 0.4) is 0 Å². The third kappa shape index (κ3) is 7.41. The van der Waals surface area contributed by atoms with Crippen LogP contribution in [0.1, 0.15) is 52.7 Å². The Morgan fingerprint density at radius 3 is 1.64 bits per heavy atom. The molecule has 1 heterocycles. The van der Waals surface area contributed by atoms with Gasteiger partial charge < -0.3 is 9.47 Å². The summed E-state index contributed by atoms with van der Waals surface area (Å²) in [4.78, 5) is 14.8. The second-order valence-corrected chi connectivity index (χ2v) is 15.9. The molecule has 4 aromatic carbocycles. The molecule has 0 saturated carbocycles. The second kappa shape index (κ2) is 12.1. The number of hydrogen-bond donors (Lipinski definition) is 0. The molecule has 0 saturated heterocycles. The Bertz CT molecular complexity index is 1720. The molecule has 0 spiro atoms. The van der Waals surface area contributed by atoms with Gasteiger partial charge in [0.25, 0.3) is 0 Å². The molecule has 3 nitrogen and oxygen atoms in total. The number of alkyl halides is 3. The monoisotopic (exact) mass is 637 g/mol. The summed E-state index contributed by atoms with van der Waals surface area (Å²) in [7, 11) is -0.208. The number of thiophene rings is 1. The van der Waals surface area contributed by atoms with E-state index in [-0.39, 0.29) is 21.3 Å². The zero-order valence-electron chi connectivity index (χ0n) is 25.7. The Morgan fingerprint density at radius 2 is 1.18 bits per heavy atom. The summed E-state index contributed by atoms with van der Waals surface area (Å²) in [6.07, 6.45) is -4.56. The van der Waals surface area contributed by atoms with E-state index >= 15 is 0 Å². The van der Waals surface area contributed by atoms with Crippen LogP contribution in [0.25, 0.3) is 25.1 Å². The summed E-state index contributed by atoms with van der Waals surface area (Å²) in [5.74, 6) is -0.698. The van der Waals surface area contributed by atoms with Gasteiger partial charge in [0.05, 0.1) is 0 Å². The van der Waals surface area contributed by atoms with Crippen LogP contribution in [-0.2, 0) is 20.4 Å². The number of fused-ring (bicyclic) bond motifs is 3. The van der Waals surface area contributed by atoms with Gasteiger partial charge in [-0.2, -0.15) is 13.2 Å². The minimum atomic E-state index is -4.56. The molecule has 5 rings (SSSR count). The number of benzene rings is 4. The van der Waals surface area contributed by atoms with Crippen molar-refractivity contribution >= 4 is 48.4 Å². The van der Waals surface area contributed by atoms with Crippen LogP contribution in [0.2, 0.25) is 0 Å². The molecule has 0 atom stereocenters. The minimum Gasteiger partial charge on any atom is -0.482 e. The first-order chi connectivity index (χ1) is 20.6. The third-order valence-electron chi connectivity index (χ3n) is 7.29. The average Bonchev–Trinajstić information content (AvgIpc) is 3.28. The molecule has 0 fully saturated rings. The predicted molar refractivity (Wildman–Crippen MR) is 176 cm³/mol. The summed E-state index contributed by atoms with van der Waals surface area (Å²) >= 11 is 1.59. The van der Waals surface area contributed by atoms with E-state index in [1.54, 1.807) is 23.9 Å². The van der Waals surface area contributed by atoms with Crippen LogP contribution in [0.4, 0.5) is 13.2 Å². The predicted octanol–water partition coefficient (Wildman–Crippen LogP) is 11.0. The lowest BCUT2D eigenvalue weighted by Crippen LogP contribution is -2.23. The highest BCUT2D eigenvalue weighted by atomic mass is 32.2. The molecular weight excluding hydrogens is 602 g/mol. The second-order valence-electron chi connectivity index (χ2n) is 12.8. The Balaban J connectivity index is 1.37. The number of esters is 1. The van der Waals surface area contributed by atoms with Crippen molar-refractivity contribution in [1.82, 2.24) is 0 Å². The molecule has 0 bridgehead atoms. The van der Waals surface area contributed by atoms with Crippen LogP contribution >= 0.6 is 22.2 Å². The van der Waals surface area contributed by atoms with E-state index < -0.39 is 25.4 Å². The Labute approximate surface area is 263 Å². The molecule has 44 heavy (non-hydrogen) atoms. The Kier molecular flexibility index (Phi) is 8.80. The normalized spacial score (nSPS) is 12.6. The van der Waals surface area contributed by atoms with Gasteiger partial charge in [0.2, 0.25) is 0 Å². The summed E-state index contributed by atoms with van der Waals surface area (Å²) in [6.45, 7) is 11.3. The molecule has 0 unspecified atom stereocenters. The van der Waals surface area contributed by atoms with Gasteiger partial charge >= 0.3 is 12.1 Å². The van der Waals surface area contributed by atoms with Gasteiger partial charge in [-0.15, -0.1) is 0 Å². The summed E-state index contributed by atoms with van der Waals surface area (Å²) in [5.41, 5.74) is 2.78. The summed E-state index contributed by atoms with van der Waals surface area (Å²) in [6, 6.07) is 29.7. The van der Waals surface area contributed by atoms with Crippen LogP contribution in [0, 0.1) is 0 Å². The number of carbonyl (C=O) groups is 1. The Morgan fingerprint density at radius 1 is 0.705 bits per heavy atom. The molecule has 0 radical (unpaired) electrons. The molecule has 230 valence electrons. The van der Waals surface area contributed by atoms with Crippen LogP contribution in [0.15, 0.2) is 94.7 Å². The first-order valence-corrected chi connectivity index (χ1v) is 16.4. The fourth-order valence-electron chi connectivity index (χ4n) is 4.87. The van der Waals surface area contributed by atoms with Crippen LogP contribution < -0.4 is 4.74 Å². The SMILES string of the molecule is CC(C)(C)c1ccc2c(c1)c1cc(C(C)(C)C)ccc1[s+]2-c1ccc(Sc2ccc(OCC(=O)OCC(F)(F)F)cc2)cc1. The van der Waals surface area contributed by atoms with E-state index in [2.05, 4.69) is 107 Å². The summed E-state index contributed by atoms with van der Waals surface area (Å²) < 4.78 is 48.7. The molecule has 1 aromatic heterocycles. The number of carbonyl (C=O) groups excluding carboxylic acids is 1. The number of hydrogen-bond acceptors (Lipinski definition) is 4. The van der Waals surface area contributed by atoms with Crippen LogP contribution in [-0.4, -0.2) is 25.4 Å². The highest BCUT2D eigenvalue weighted by molar-refractivity contribution is 7.99. The molecule has 0 N–H and O–H groups in total. The maximum atomic E-state index is 12.2. The molecule has 0 aliphatic rings. The van der Waals surface area contributed by atoms with E-state index in [0.717, 1.165) is 9.79 Å². The number of rotatable bonds is 7. The highest BCUT2D eigenvalue weighted by Crippen LogP contribution is 2.50. The third-order valence-corrected chi connectivity index (χ3v) is 10.6. The standard InChI is InChI=1S/C36H36F3O3S2/c1-34(2,3)23-7-17-31-29(19-23)30-20-24(35(4,5)6)8-18-32(30)44(31)28-15-13-27(14-16-28)43-26-11-9-25(10-12-26)41-21-33(40)42-22-36(37,38)39/h7-20H,21-22H2,1-6H3/q+1. The van der Waals surface area contributed by atoms with E-state index in [4.69, 9.17) is 4.74 Å². The Hall–Kier alpha value is -3.49. The molecule has 5 aromatic rings. The zero-order chi connectivity index (χ0) is 31.9. The zero-order valence-corrected chi connectivity index (χ0v) is 27.3. The van der Waals surface area contributed by atoms with Crippen molar-refractivity contribution in [3.63, 3.8) is 0 Å². The van der Waals surface area contributed by atoms with Crippen molar-refractivity contribution in [3.05, 3.63) is 96.1 Å². The minimum absolute atomic E-state index is 0.0592. The topological polar surface area (TPSA) is 35.5 Å². The van der Waals surface area contributed by atoms with Gasteiger partial charge in [0.1, 0.15) is 5.75 Å². The van der Waals surface area contributed by atoms with Crippen molar-refractivity contribution in [2.45, 2.75) is 68.3 Å². The van der Waals surface area contributed by atoms with Gasteiger partial charge in [-0.1, -0.05) is 65.4 Å². The first kappa shape index (κ1) is 31.9. The van der Waals surface area contributed by atoms with Gasteiger partial charge in [-0.25, -0.2) is 4.79 Å².